The first-order chi connectivity index (χ1) is 7.85. The van der Waals surface area contributed by atoms with Crippen LogP contribution in [0.1, 0.15) is 18.9 Å². The summed E-state index contributed by atoms with van der Waals surface area (Å²) in [5.41, 5.74) is 2.55. The van der Waals surface area contributed by atoms with Crippen LogP contribution in [-0.2, 0) is 6.42 Å². The third-order valence-corrected chi connectivity index (χ3v) is 3.08. The van der Waals surface area contributed by atoms with Crippen molar-refractivity contribution < 1.29 is 4.74 Å². The number of benzene rings is 1. The van der Waals surface area contributed by atoms with Gasteiger partial charge in [0.15, 0.2) is 0 Å². The molecule has 0 saturated carbocycles. The van der Waals surface area contributed by atoms with E-state index in [-0.39, 0.29) is 0 Å². The molecule has 16 heavy (non-hydrogen) atoms. The van der Waals surface area contributed by atoms with Gasteiger partial charge in [-0.1, -0.05) is 19.1 Å². The number of hydrogen-bond acceptors (Lipinski definition) is 3. The van der Waals surface area contributed by atoms with Crippen molar-refractivity contribution in [3.8, 4) is 5.75 Å². The lowest BCUT2D eigenvalue weighted by atomic mass is 9.97. The van der Waals surface area contributed by atoms with Gasteiger partial charge in [0, 0.05) is 12.6 Å². The molecule has 1 heterocycles. The number of methoxy groups -OCH3 is 1. The van der Waals surface area contributed by atoms with Gasteiger partial charge in [-0.15, -0.1) is 0 Å². The zero-order valence-corrected chi connectivity index (χ0v) is 10.0. The highest BCUT2D eigenvalue weighted by Gasteiger charge is 2.19. The first-order valence-electron chi connectivity index (χ1n) is 5.98. The fraction of sp³-hybridized carbons (Fsp3) is 0.538. The van der Waals surface area contributed by atoms with E-state index >= 15 is 0 Å². The maximum atomic E-state index is 5.38. The molecule has 0 aromatic heterocycles. The molecule has 3 heteroatoms. The van der Waals surface area contributed by atoms with E-state index in [1.165, 1.54) is 17.7 Å². The van der Waals surface area contributed by atoms with Crippen LogP contribution in [0.5, 0.6) is 5.75 Å². The van der Waals surface area contributed by atoms with Crippen LogP contribution in [0.3, 0.4) is 0 Å². The van der Waals surface area contributed by atoms with Gasteiger partial charge in [0.25, 0.3) is 0 Å². The molecular formula is C13H20N2O. The van der Waals surface area contributed by atoms with Crippen molar-refractivity contribution in [1.82, 2.24) is 5.32 Å². The van der Waals surface area contributed by atoms with E-state index in [1.54, 1.807) is 7.11 Å². The molecule has 1 unspecified atom stereocenters. The lowest BCUT2D eigenvalue weighted by Crippen LogP contribution is -2.35. The standard InChI is InChI=1S/C13H20N2O/c1-3-14-9-11-8-7-10-5-4-6-12(16-2)13(10)15-11/h4-6,11,14-15H,3,7-9H2,1-2H3. The molecule has 1 aromatic carbocycles. The summed E-state index contributed by atoms with van der Waals surface area (Å²) < 4.78 is 5.38. The number of hydrogen-bond donors (Lipinski definition) is 2. The van der Waals surface area contributed by atoms with Gasteiger partial charge in [-0.3, -0.25) is 0 Å². The van der Waals surface area contributed by atoms with Crippen molar-refractivity contribution in [3.63, 3.8) is 0 Å². The second-order valence-electron chi connectivity index (χ2n) is 4.18. The van der Waals surface area contributed by atoms with Crippen LogP contribution in [0.15, 0.2) is 18.2 Å². The first kappa shape index (κ1) is 11.3. The molecule has 2 rings (SSSR count). The largest absolute Gasteiger partial charge is 0.495 e. The Labute approximate surface area is 97.2 Å². The highest BCUT2D eigenvalue weighted by atomic mass is 16.5. The van der Waals surface area contributed by atoms with E-state index in [0.717, 1.165) is 25.3 Å². The quantitative estimate of drug-likeness (QED) is 0.814. The van der Waals surface area contributed by atoms with Gasteiger partial charge < -0.3 is 15.4 Å². The maximum absolute atomic E-state index is 5.38. The summed E-state index contributed by atoms with van der Waals surface area (Å²) in [6.07, 6.45) is 2.32. The zero-order valence-electron chi connectivity index (χ0n) is 10.0. The van der Waals surface area contributed by atoms with E-state index < -0.39 is 0 Å². The summed E-state index contributed by atoms with van der Waals surface area (Å²) in [5.74, 6) is 0.957. The Bertz CT molecular complexity index is 338. The minimum Gasteiger partial charge on any atom is -0.495 e. The van der Waals surface area contributed by atoms with E-state index in [0.29, 0.717) is 6.04 Å². The molecule has 0 bridgehead atoms. The number of fused-ring (bicyclic) bond motifs is 1. The fourth-order valence-electron chi connectivity index (χ4n) is 2.20. The lowest BCUT2D eigenvalue weighted by Gasteiger charge is -2.28. The average molecular weight is 220 g/mol. The predicted molar refractivity (Wildman–Crippen MR) is 67.3 cm³/mol. The zero-order chi connectivity index (χ0) is 11.4. The van der Waals surface area contributed by atoms with Crippen LogP contribution in [0.2, 0.25) is 0 Å². The summed E-state index contributed by atoms with van der Waals surface area (Å²) in [6.45, 7) is 4.18. The van der Waals surface area contributed by atoms with Gasteiger partial charge in [0.1, 0.15) is 5.75 Å². The molecule has 88 valence electrons. The summed E-state index contributed by atoms with van der Waals surface area (Å²) in [5, 5.41) is 6.95. The molecule has 1 aliphatic rings. The minimum atomic E-state index is 0.517. The van der Waals surface area contributed by atoms with Crippen LogP contribution in [-0.4, -0.2) is 26.2 Å². The molecular weight excluding hydrogens is 200 g/mol. The highest BCUT2D eigenvalue weighted by Crippen LogP contribution is 2.33. The molecule has 0 fully saturated rings. The normalized spacial score (nSPS) is 18.8. The van der Waals surface area contributed by atoms with Crippen molar-refractivity contribution in [2.75, 3.05) is 25.5 Å². The number of rotatable bonds is 4. The van der Waals surface area contributed by atoms with Gasteiger partial charge in [0.2, 0.25) is 0 Å². The highest BCUT2D eigenvalue weighted by molar-refractivity contribution is 5.64. The molecule has 1 atom stereocenters. The Kier molecular flexibility index (Phi) is 3.67. The Morgan fingerprint density at radius 3 is 3.12 bits per heavy atom. The monoisotopic (exact) mass is 220 g/mol. The van der Waals surface area contributed by atoms with Crippen LogP contribution in [0, 0.1) is 0 Å². The van der Waals surface area contributed by atoms with E-state index in [4.69, 9.17) is 4.74 Å². The number of nitrogens with one attached hydrogen (secondary N) is 2. The van der Waals surface area contributed by atoms with Crippen LogP contribution >= 0.6 is 0 Å². The average Bonchev–Trinajstić information content (AvgIpc) is 2.35. The second-order valence-corrected chi connectivity index (χ2v) is 4.18. The number of aryl methyl sites for hydroxylation is 1. The predicted octanol–water partition coefficient (Wildman–Crippen LogP) is 2.03. The molecule has 0 radical (unpaired) electrons. The van der Waals surface area contributed by atoms with Crippen molar-refractivity contribution in [2.24, 2.45) is 0 Å². The van der Waals surface area contributed by atoms with Crippen LogP contribution in [0.25, 0.3) is 0 Å². The van der Waals surface area contributed by atoms with Gasteiger partial charge >= 0.3 is 0 Å². The molecule has 0 spiro atoms. The second kappa shape index (κ2) is 5.21. The molecule has 0 saturated heterocycles. The van der Waals surface area contributed by atoms with E-state index in [1.807, 2.05) is 6.07 Å². The third kappa shape index (κ3) is 2.30. The third-order valence-electron chi connectivity index (χ3n) is 3.08. The van der Waals surface area contributed by atoms with E-state index in [9.17, 15) is 0 Å². The number of para-hydroxylation sites is 1. The van der Waals surface area contributed by atoms with E-state index in [2.05, 4.69) is 29.7 Å². The Hall–Kier alpha value is -1.22. The molecule has 3 nitrogen and oxygen atoms in total. The van der Waals surface area contributed by atoms with Crippen molar-refractivity contribution in [2.45, 2.75) is 25.8 Å². The molecule has 1 aliphatic heterocycles. The Morgan fingerprint density at radius 2 is 2.38 bits per heavy atom. The molecule has 0 amide bonds. The Morgan fingerprint density at radius 1 is 1.50 bits per heavy atom. The number of ether oxygens (including phenoxy) is 1. The topological polar surface area (TPSA) is 33.3 Å². The fourth-order valence-corrected chi connectivity index (χ4v) is 2.20. The molecule has 0 aliphatic carbocycles. The van der Waals surface area contributed by atoms with Crippen molar-refractivity contribution >= 4 is 5.69 Å². The van der Waals surface area contributed by atoms with Gasteiger partial charge in [0.05, 0.1) is 12.8 Å². The first-order valence-corrected chi connectivity index (χ1v) is 5.98. The summed E-state index contributed by atoms with van der Waals surface area (Å²) >= 11 is 0. The summed E-state index contributed by atoms with van der Waals surface area (Å²) in [7, 11) is 1.73. The maximum Gasteiger partial charge on any atom is 0.142 e. The molecule has 2 N–H and O–H groups in total. The number of anilines is 1. The number of likely N-dealkylation sites (N-methyl/N-ethyl adjacent to an activating group) is 1. The van der Waals surface area contributed by atoms with Crippen molar-refractivity contribution in [3.05, 3.63) is 23.8 Å². The summed E-state index contributed by atoms with van der Waals surface area (Å²) in [6, 6.07) is 6.77. The Balaban J connectivity index is 2.11. The van der Waals surface area contributed by atoms with Crippen LogP contribution in [0.4, 0.5) is 5.69 Å². The van der Waals surface area contributed by atoms with Gasteiger partial charge in [-0.25, -0.2) is 0 Å². The summed E-state index contributed by atoms with van der Waals surface area (Å²) in [4.78, 5) is 0. The SMILES string of the molecule is CCNCC1CCc2cccc(OC)c2N1. The van der Waals surface area contributed by atoms with Crippen LogP contribution < -0.4 is 15.4 Å². The lowest BCUT2D eigenvalue weighted by molar-refractivity contribution is 0.413. The smallest absolute Gasteiger partial charge is 0.142 e. The van der Waals surface area contributed by atoms with Crippen molar-refractivity contribution in [1.29, 1.82) is 0 Å². The molecule has 1 aromatic rings. The minimum absolute atomic E-state index is 0.517. The van der Waals surface area contributed by atoms with Gasteiger partial charge in [-0.2, -0.15) is 0 Å². The van der Waals surface area contributed by atoms with Gasteiger partial charge in [-0.05, 0) is 31.0 Å².